The molecule has 0 bridgehead atoms. The molecule has 8 nitrogen and oxygen atoms in total. The van der Waals surface area contributed by atoms with Crippen LogP contribution in [-0.4, -0.2) is 102 Å². The van der Waals surface area contributed by atoms with E-state index in [-0.39, 0.29) is 18.5 Å². The number of likely N-dealkylation sites (N-methyl/N-ethyl adjacent to an activating group) is 1. The van der Waals surface area contributed by atoms with Crippen LogP contribution in [0.25, 0.3) is 0 Å². The van der Waals surface area contributed by atoms with Crippen LogP contribution in [0.15, 0.2) is 30.3 Å². The maximum absolute atomic E-state index is 13.3. The summed E-state index contributed by atoms with van der Waals surface area (Å²) in [5.74, 6) is -1.24. The maximum Gasteiger partial charge on any atom is 0.312 e. The second kappa shape index (κ2) is 10.5. The molecular weight excluding hydrogens is 384 g/mol. The Balaban J connectivity index is 1.69. The summed E-state index contributed by atoms with van der Waals surface area (Å²) in [6.07, 6.45) is 0. The van der Waals surface area contributed by atoms with Crippen molar-refractivity contribution in [3.63, 3.8) is 0 Å². The van der Waals surface area contributed by atoms with Crippen molar-refractivity contribution in [2.24, 2.45) is 0 Å². The van der Waals surface area contributed by atoms with E-state index < -0.39 is 11.8 Å². The summed E-state index contributed by atoms with van der Waals surface area (Å²) in [4.78, 5) is 44.9. The first kappa shape index (κ1) is 22.2. The van der Waals surface area contributed by atoms with Crippen LogP contribution >= 0.6 is 0 Å². The molecule has 1 aromatic carbocycles. The smallest absolute Gasteiger partial charge is 0.312 e. The number of carbonyl (C=O) groups excluding carboxylic acids is 3. The highest BCUT2D eigenvalue weighted by molar-refractivity contribution is 6.35. The molecule has 2 saturated heterocycles. The third kappa shape index (κ3) is 5.58. The average Bonchev–Trinajstić information content (AvgIpc) is 2.76. The molecule has 8 heteroatoms. The highest BCUT2D eigenvalue weighted by atomic mass is 16.5. The molecule has 0 spiro atoms. The average molecular weight is 417 g/mol. The van der Waals surface area contributed by atoms with Gasteiger partial charge in [0.05, 0.1) is 13.2 Å². The number of rotatable bonds is 8. The van der Waals surface area contributed by atoms with Crippen molar-refractivity contribution in [2.45, 2.75) is 26.4 Å². The summed E-state index contributed by atoms with van der Waals surface area (Å²) in [5, 5.41) is 0. The highest BCUT2D eigenvalue weighted by Gasteiger charge is 2.34. The third-order valence-electron chi connectivity index (χ3n) is 5.78. The minimum atomic E-state index is -0.586. The molecule has 1 aromatic rings. The monoisotopic (exact) mass is 416 g/mol. The summed E-state index contributed by atoms with van der Waals surface area (Å²) in [6.45, 7) is 9.52. The number of nitrogens with zero attached hydrogens (tertiary/aromatic N) is 4. The van der Waals surface area contributed by atoms with E-state index in [1.807, 2.05) is 49.1 Å². The quantitative estimate of drug-likeness (QED) is 0.575. The molecule has 0 radical (unpaired) electrons. The van der Waals surface area contributed by atoms with Gasteiger partial charge >= 0.3 is 11.8 Å². The van der Waals surface area contributed by atoms with Crippen LogP contribution in [0.4, 0.5) is 0 Å². The van der Waals surface area contributed by atoms with E-state index in [0.717, 1.165) is 25.2 Å². The Morgan fingerprint density at radius 3 is 2.33 bits per heavy atom. The van der Waals surface area contributed by atoms with E-state index >= 15 is 0 Å². The number of benzene rings is 1. The van der Waals surface area contributed by atoms with Crippen LogP contribution in [-0.2, 0) is 25.7 Å². The van der Waals surface area contributed by atoms with Crippen molar-refractivity contribution in [1.29, 1.82) is 0 Å². The predicted octanol–water partition coefficient (Wildman–Crippen LogP) is 0.427. The standard InChI is InChI=1S/C22H32N4O4/c1-3-24-9-10-25(22(29)21(24)28)17-20(27)26(16-19-7-5-4-6-8-19)18(2)15-23-11-13-30-14-12-23/h4-8,18H,3,9-17H2,1-2H3. The van der Waals surface area contributed by atoms with Gasteiger partial charge in [-0.2, -0.15) is 0 Å². The van der Waals surface area contributed by atoms with Gasteiger partial charge in [0, 0.05) is 51.9 Å². The summed E-state index contributed by atoms with van der Waals surface area (Å²) in [5.41, 5.74) is 1.04. The van der Waals surface area contributed by atoms with Gasteiger partial charge in [-0.15, -0.1) is 0 Å². The second-order valence-electron chi connectivity index (χ2n) is 7.88. The molecule has 2 aliphatic heterocycles. The van der Waals surface area contributed by atoms with Crippen molar-refractivity contribution in [1.82, 2.24) is 19.6 Å². The number of carbonyl (C=O) groups is 3. The largest absolute Gasteiger partial charge is 0.379 e. The number of piperazine rings is 1. The van der Waals surface area contributed by atoms with Crippen LogP contribution in [0.5, 0.6) is 0 Å². The summed E-state index contributed by atoms with van der Waals surface area (Å²) in [6, 6.07) is 9.82. The molecule has 3 rings (SSSR count). The topological polar surface area (TPSA) is 73.4 Å². The molecule has 2 aliphatic rings. The Kier molecular flexibility index (Phi) is 7.81. The fourth-order valence-corrected chi connectivity index (χ4v) is 3.95. The first-order chi connectivity index (χ1) is 14.5. The SMILES string of the molecule is CCN1CCN(CC(=O)N(Cc2ccccc2)C(C)CN2CCOCC2)C(=O)C1=O. The Bertz CT molecular complexity index is 736. The van der Waals surface area contributed by atoms with Crippen molar-refractivity contribution in [3.05, 3.63) is 35.9 Å². The normalized spacial score (nSPS) is 19.1. The highest BCUT2D eigenvalue weighted by Crippen LogP contribution is 2.13. The minimum absolute atomic E-state index is 0.0291. The zero-order valence-corrected chi connectivity index (χ0v) is 18.0. The van der Waals surface area contributed by atoms with E-state index in [1.54, 1.807) is 0 Å². The lowest BCUT2D eigenvalue weighted by Crippen LogP contribution is -2.57. The van der Waals surface area contributed by atoms with Crippen molar-refractivity contribution < 1.29 is 19.1 Å². The van der Waals surface area contributed by atoms with Gasteiger partial charge in [-0.25, -0.2) is 0 Å². The predicted molar refractivity (Wildman–Crippen MR) is 113 cm³/mol. The van der Waals surface area contributed by atoms with E-state index in [4.69, 9.17) is 4.74 Å². The van der Waals surface area contributed by atoms with E-state index in [9.17, 15) is 14.4 Å². The van der Waals surface area contributed by atoms with Gasteiger partial charge in [-0.3, -0.25) is 19.3 Å². The molecule has 0 aliphatic carbocycles. The van der Waals surface area contributed by atoms with Crippen LogP contribution in [0, 0.1) is 0 Å². The van der Waals surface area contributed by atoms with E-state index in [2.05, 4.69) is 4.90 Å². The Morgan fingerprint density at radius 1 is 1.03 bits per heavy atom. The number of hydrogen-bond donors (Lipinski definition) is 0. The Morgan fingerprint density at radius 2 is 1.67 bits per heavy atom. The zero-order chi connectivity index (χ0) is 21.5. The molecule has 2 fully saturated rings. The van der Waals surface area contributed by atoms with Gasteiger partial charge in [-0.05, 0) is 19.4 Å². The van der Waals surface area contributed by atoms with Crippen molar-refractivity contribution in [2.75, 3.05) is 59.0 Å². The summed E-state index contributed by atoms with van der Waals surface area (Å²) < 4.78 is 5.42. The zero-order valence-electron chi connectivity index (χ0n) is 18.0. The van der Waals surface area contributed by atoms with Gasteiger partial charge in [-0.1, -0.05) is 30.3 Å². The van der Waals surface area contributed by atoms with Gasteiger partial charge < -0.3 is 19.4 Å². The third-order valence-corrected chi connectivity index (χ3v) is 5.78. The van der Waals surface area contributed by atoms with Crippen molar-refractivity contribution >= 4 is 17.7 Å². The molecule has 0 saturated carbocycles. The molecule has 0 N–H and O–H groups in total. The Hall–Kier alpha value is -2.45. The fraction of sp³-hybridized carbons (Fsp3) is 0.591. The van der Waals surface area contributed by atoms with Crippen LogP contribution in [0.3, 0.4) is 0 Å². The molecule has 164 valence electrons. The molecule has 0 aromatic heterocycles. The number of morpholine rings is 1. The number of amides is 3. The molecule has 30 heavy (non-hydrogen) atoms. The molecule has 1 atom stereocenters. The summed E-state index contributed by atoms with van der Waals surface area (Å²) >= 11 is 0. The lowest BCUT2D eigenvalue weighted by molar-refractivity contribution is -0.158. The van der Waals surface area contributed by atoms with Crippen LogP contribution in [0.1, 0.15) is 19.4 Å². The minimum Gasteiger partial charge on any atom is -0.379 e. The first-order valence-electron chi connectivity index (χ1n) is 10.7. The van der Waals surface area contributed by atoms with Crippen LogP contribution < -0.4 is 0 Å². The second-order valence-corrected chi connectivity index (χ2v) is 7.88. The fourth-order valence-electron chi connectivity index (χ4n) is 3.95. The van der Waals surface area contributed by atoms with Gasteiger partial charge in [0.2, 0.25) is 5.91 Å². The number of hydrogen-bond acceptors (Lipinski definition) is 5. The van der Waals surface area contributed by atoms with Crippen LogP contribution in [0.2, 0.25) is 0 Å². The first-order valence-corrected chi connectivity index (χ1v) is 10.7. The summed E-state index contributed by atoms with van der Waals surface area (Å²) in [7, 11) is 0. The van der Waals surface area contributed by atoms with Gasteiger partial charge in [0.1, 0.15) is 6.54 Å². The molecule has 3 amide bonds. The van der Waals surface area contributed by atoms with E-state index in [0.29, 0.717) is 39.4 Å². The Labute approximate surface area is 178 Å². The molecular formula is C22H32N4O4. The lowest BCUT2D eigenvalue weighted by atomic mass is 10.1. The van der Waals surface area contributed by atoms with Gasteiger partial charge in [0.15, 0.2) is 0 Å². The van der Waals surface area contributed by atoms with E-state index in [1.165, 1.54) is 9.80 Å². The lowest BCUT2D eigenvalue weighted by Gasteiger charge is -2.37. The number of ether oxygens (including phenoxy) is 1. The van der Waals surface area contributed by atoms with Gasteiger partial charge in [0.25, 0.3) is 0 Å². The van der Waals surface area contributed by atoms with Crippen molar-refractivity contribution in [3.8, 4) is 0 Å². The molecule has 2 heterocycles. The molecule has 1 unspecified atom stereocenters. The maximum atomic E-state index is 13.3.